The molecule has 0 saturated carbocycles. The van der Waals surface area contributed by atoms with Crippen molar-refractivity contribution >= 4 is 17.7 Å². The first-order valence-corrected chi connectivity index (χ1v) is 13.7. The number of carbonyl (C=O) groups excluding carboxylic acids is 3. The topological polar surface area (TPSA) is 119 Å². The predicted molar refractivity (Wildman–Crippen MR) is 151 cm³/mol. The van der Waals surface area contributed by atoms with E-state index in [2.05, 4.69) is 15.6 Å². The molecule has 1 saturated heterocycles. The lowest BCUT2D eigenvalue weighted by Crippen LogP contribution is -2.57. The quantitative estimate of drug-likeness (QED) is 0.493. The molecule has 5 rings (SSSR count). The lowest BCUT2D eigenvalue weighted by molar-refractivity contribution is -0.124. The largest absolute Gasteiger partial charge is 0.497 e. The average molecular weight is 559 g/mol. The zero-order valence-corrected chi connectivity index (χ0v) is 23.2. The van der Waals surface area contributed by atoms with Crippen molar-refractivity contribution in [1.29, 1.82) is 0 Å². The average Bonchev–Trinajstić information content (AvgIpc) is 2.98. The van der Waals surface area contributed by atoms with Crippen molar-refractivity contribution in [3.05, 3.63) is 83.2 Å². The highest BCUT2D eigenvalue weighted by atomic mass is 16.5. The molecule has 2 aromatic carbocycles. The van der Waals surface area contributed by atoms with E-state index in [9.17, 15) is 14.4 Å². The van der Waals surface area contributed by atoms with Gasteiger partial charge in [0.15, 0.2) is 0 Å². The Morgan fingerprint density at radius 2 is 2.00 bits per heavy atom. The third-order valence-electron chi connectivity index (χ3n) is 7.28. The fourth-order valence-corrected chi connectivity index (χ4v) is 5.09. The van der Waals surface area contributed by atoms with E-state index in [0.29, 0.717) is 67.5 Å². The minimum atomic E-state index is -0.387. The molecule has 214 valence electrons. The molecule has 3 aromatic rings. The van der Waals surface area contributed by atoms with Gasteiger partial charge < -0.3 is 29.7 Å². The first-order chi connectivity index (χ1) is 19.9. The van der Waals surface area contributed by atoms with Gasteiger partial charge in [0.25, 0.3) is 11.8 Å². The molecule has 1 aromatic heterocycles. The SMILES string of the molecule is COc1cc2cc(c1)C(=O)NCCCC(=O)N[C@H]1CN(C(=O)c3ccncc3C)CC[C@@H]1OCc1cccc(c1)O2. The molecule has 1 fully saturated rings. The lowest BCUT2D eigenvalue weighted by atomic mass is 9.99. The number of pyridine rings is 1. The number of amides is 3. The molecule has 0 radical (unpaired) electrons. The van der Waals surface area contributed by atoms with Gasteiger partial charge in [-0.25, -0.2) is 0 Å². The summed E-state index contributed by atoms with van der Waals surface area (Å²) in [4.78, 5) is 45.0. The van der Waals surface area contributed by atoms with Crippen molar-refractivity contribution < 1.29 is 28.6 Å². The van der Waals surface area contributed by atoms with Gasteiger partial charge in [0.2, 0.25) is 5.91 Å². The van der Waals surface area contributed by atoms with Gasteiger partial charge >= 0.3 is 0 Å². The van der Waals surface area contributed by atoms with Crippen LogP contribution in [0.4, 0.5) is 0 Å². The molecular formula is C31H34N4O6. The van der Waals surface area contributed by atoms with Crippen molar-refractivity contribution in [2.75, 3.05) is 26.7 Å². The van der Waals surface area contributed by atoms with Crippen LogP contribution in [0.2, 0.25) is 0 Å². The molecule has 2 N–H and O–H groups in total. The lowest BCUT2D eigenvalue weighted by Gasteiger charge is -2.39. The van der Waals surface area contributed by atoms with E-state index in [1.165, 1.54) is 7.11 Å². The monoisotopic (exact) mass is 558 g/mol. The van der Waals surface area contributed by atoms with E-state index in [4.69, 9.17) is 14.2 Å². The first-order valence-electron chi connectivity index (χ1n) is 13.7. The number of nitrogens with zero attached hydrogens (tertiary/aromatic N) is 2. The highest BCUT2D eigenvalue weighted by Crippen LogP contribution is 2.29. The van der Waals surface area contributed by atoms with Crippen molar-refractivity contribution in [2.24, 2.45) is 0 Å². The van der Waals surface area contributed by atoms with E-state index in [-0.39, 0.29) is 36.3 Å². The number of carbonyl (C=O) groups is 3. The molecule has 4 bridgehead atoms. The van der Waals surface area contributed by atoms with Crippen LogP contribution in [-0.2, 0) is 16.1 Å². The molecule has 2 atom stereocenters. The van der Waals surface area contributed by atoms with Crippen molar-refractivity contribution in [1.82, 2.24) is 20.5 Å². The van der Waals surface area contributed by atoms with Gasteiger partial charge in [0, 0.05) is 55.6 Å². The van der Waals surface area contributed by atoms with Gasteiger partial charge in [0.05, 0.1) is 25.9 Å². The van der Waals surface area contributed by atoms with Crippen molar-refractivity contribution in [3.63, 3.8) is 0 Å². The zero-order valence-electron chi connectivity index (χ0n) is 23.2. The van der Waals surface area contributed by atoms with E-state index in [1.54, 1.807) is 41.6 Å². The van der Waals surface area contributed by atoms with E-state index in [0.717, 1.165) is 11.1 Å². The number of aromatic nitrogens is 1. The summed E-state index contributed by atoms with van der Waals surface area (Å²) in [5.41, 5.74) is 2.68. The van der Waals surface area contributed by atoms with Crippen molar-refractivity contribution in [2.45, 2.75) is 44.9 Å². The first kappa shape index (κ1) is 28.1. The number of aryl methyl sites for hydroxylation is 1. The molecule has 3 amide bonds. The molecular weight excluding hydrogens is 524 g/mol. The van der Waals surface area contributed by atoms with E-state index >= 15 is 0 Å². The summed E-state index contributed by atoms with van der Waals surface area (Å²) >= 11 is 0. The zero-order chi connectivity index (χ0) is 28.8. The van der Waals surface area contributed by atoms with Crippen LogP contribution in [0.3, 0.4) is 0 Å². The minimum Gasteiger partial charge on any atom is -0.497 e. The van der Waals surface area contributed by atoms with Gasteiger partial charge in [-0.15, -0.1) is 0 Å². The maximum Gasteiger partial charge on any atom is 0.254 e. The Hall–Kier alpha value is -4.44. The van der Waals surface area contributed by atoms with Crippen LogP contribution in [-0.4, -0.2) is 66.5 Å². The van der Waals surface area contributed by atoms with Crippen LogP contribution in [0.15, 0.2) is 60.9 Å². The number of rotatable bonds is 2. The van der Waals surface area contributed by atoms with Crippen LogP contribution < -0.4 is 20.1 Å². The number of benzene rings is 2. The highest BCUT2D eigenvalue weighted by Gasteiger charge is 2.34. The number of hydrogen-bond donors (Lipinski definition) is 2. The molecule has 10 heteroatoms. The summed E-state index contributed by atoms with van der Waals surface area (Å²) in [6, 6.07) is 13.9. The Labute approximate surface area is 239 Å². The summed E-state index contributed by atoms with van der Waals surface area (Å²) < 4.78 is 17.8. The van der Waals surface area contributed by atoms with Gasteiger partial charge in [0.1, 0.15) is 17.2 Å². The van der Waals surface area contributed by atoms with Crippen LogP contribution in [0, 0.1) is 6.92 Å². The number of nitrogens with one attached hydrogen (secondary N) is 2. The smallest absolute Gasteiger partial charge is 0.254 e. The number of hydrogen-bond acceptors (Lipinski definition) is 7. The van der Waals surface area contributed by atoms with Crippen LogP contribution in [0.1, 0.15) is 51.1 Å². The van der Waals surface area contributed by atoms with Crippen LogP contribution >= 0.6 is 0 Å². The number of methoxy groups -OCH3 is 1. The molecule has 2 aliphatic rings. The summed E-state index contributed by atoms with van der Waals surface area (Å²) in [6.07, 6.45) is 4.23. The fourth-order valence-electron chi connectivity index (χ4n) is 5.09. The Morgan fingerprint density at radius 1 is 1.12 bits per heavy atom. The predicted octanol–water partition coefficient (Wildman–Crippen LogP) is 3.63. The van der Waals surface area contributed by atoms with Gasteiger partial charge in [-0.2, -0.15) is 0 Å². The van der Waals surface area contributed by atoms with Crippen LogP contribution in [0.5, 0.6) is 17.2 Å². The summed E-state index contributed by atoms with van der Waals surface area (Å²) in [5, 5.41) is 5.95. The minimum absolute atomic E-state index is 0.0931. The maximum absolute atomic E-state index is 13.3. The second-order valence-electron chi connectivity index (χ2n) is 10.3. The molecule has 10 nitrogen and oxygen atoms in total. The number of piperidine rings is 1. The summed E-state index contributed by atoms with van der Waals surface area (Å²) in [7, 11) is 1.53. The second-order valence-corrected chi connectivity index (χ2v) is 10.3. The van der Waals surface area contributed by atoms with Gasteiger partial charge in [-0.1, -0.05) is 12.1 Å². The van der Waals surface area contributed by atoms with Crippen LogP contribution in [0.25, 0.3) is 0 Å². The Bertz CT molecular complexity index is 1430. The molecule has 41 heavy (non-hydrogen) atoms. The molecule has 0 unspecified atom stereocenters. The Balaban J connectivity index is 1.37. The fraction of sp³-hybridized carbons (Fsp3) is 0.355. The third kappa shape index (κ3) is 7.01. The Morgan fingerprint density at radius 3 is 2.83 bits per heavy atom. The summed E-state index contributed by atoms with van der Waals surface area (Å²) in [6.45, 7) is 3.31. The number of likely N-dealkylation sites (tertiary alicyclic amines) is 1. The molecule has 2 aliphatic heterocycles. The maximum atomic E-state index is 13.3. The van der Waals surface area contributed by atoms with Gasteiger partial charge in [-0.05, 0) is 61.2 Å². The number of ether oxygens (including phenoxy) is 3. The highest BCUT2D eigenvalue weighted by molar-refractivity contribution is 5.96. The summed E-state index contributed by atoms with van der Waals surface area (Å²) in [5.74, 6) is 1.01. The van der Waals surface area contributed by atoms with Gasteiger partial charge in [-0.3, -0.25) is 19.4 Å². The van der Waals surface area contributed by atoms with Crippen molar-refractivity contribution in [3.8, 4) is 17.2 Å². The molecule has 0 spiro atoms. The Kier molecular flexibility index (Phi) is 8.79. The van der Waals surface area contributed by atoms with E-state index < -0.39 is 0 Å². The number of fused-ring (bicyclic) bond motifs is 5. The van der Waals surface area contributed by atoms with E-state index in [1.807, 2.05) is 31.2 Å². The second kappa shape index (κ2) is 12.8. The molecule has 3 heterocycles. The normalized spacial score (nSPS) is 19.9. The molecule has 0 aliphatic carbocycles. The standard InChI is InChI=1S/C31H34N4O6/c1-20-17-32-11-8-26(20)31(38)35-12-9-28-27(18-35)34-29(36)7-4-10-33-30(37)22-14-24(39-2)16-25(15-22)41-23-6-3-5-21(13-23)19-40-28/h3,5-6,8,11,13-17,27-28H,4,7,9-10,12,18-19H2,1-2H3,(H,33,37)(H,34,36)/t27-,28-/m0/s1. The third-order valence-corrected chi connectivity index (χ3v) is 7.28.